The molecule has 0 fully saturated rings. The van der Waals surface area contributed by atoms with Gasteiger partial charge in [-0.1, -0.05) is 0 Å². The van der Waals surface area contributed by atoms with Crippen molar-refractivity contribution in [2.75, 3.05) is 0 Å². The molecule has 0 unspecified atom stereocenters. The second-order valence-corrected chi connectivity index (χ2v) is 0. The smallest absolute Gasteiger partial charge is 1.00 e. The van der Waals surface area contributed by atoms with Gasteiger partial charge < -0.3 is 40.3 Å². The number of halogens is 2. The van der Waals surface area contributed by atoms with Crippen LogP contribution in [0.1, 0.15) is 0 Å². The molecule has 0 aliphatic rings. The zero-order valence-corrected chi connectivity index (χ0v) is 12.0. The van der Waals surface area contributed by atoms with E-state index in [1.165, 1.54) is 0 Å². The first-order valence-corrected chi connectivity index (χ1v) is 0. The first-order valence-electron chi connectivity index (χ1n) is 0. The van der Waals surface area contributed by atoms with E-state index < -0.39 is 0 Å². The van der Waals surface area contributed by atoms with E-state index in [9.17, 15) is 0 Å². The standard InChI is InChI=1S/Ba.BrH.ClH.Eu.2H2O/h;2*1H;;2*1H2/q+2;;;+3;;/p-2. The van der Waals surface area contributed by atoms with Gasteiger partial charge in [0.15, 0.2) is 0 Å². The molecule has 4 N–H and O–H groups in total. The summed E-state index contributed by atoms with van der Waals surface area (Å²) < 4.78 is 0. The van der Waals surface area contributed by atoms with Crippen LogP contribution in [0.2, 0.25) is 0 Å². The van der Waals surface area contributed by atoms with E-state index >= 15 is 0 Å². The van der Waals surface area contributed by atoms with Crippen molar-refractivity contribution in [3.63, 3.8) is 0 Å². The third-order valence-electron chi connectivity index (χ3n) is 0. The molecule has 0 atom stereocenters. The van der Waals surface area contributed by atoms with Crippen LogP contribution < -0.4 is 29.4 Å². The van der Waals surface area contributed by atoms with Crippen molar-refractivity contribution in [2.45, 2.75) is 0 Å². The van der Waals surface area contributed by atoms with Gasteiger partial charge in [-0.05, 0) is 0 Å². The van der Waals surface area contributed by atoms with Crippen LogP contribution >= 0.6 is 0 Å². The van der Waals surface area contributed by atoms with Crippen molar-refractivity contribution in [3.8, 4) is 0 Å². The van der Waals surface area contributed by atoms with Crippen LogP contribution in [-0.4, -0.2) is 59.8 Å². The molecule has 2 nitrogen and oxygen atoms in total. The molecular formula is H4BaBrClEuO2+3. The number of rotatable bonds is 0. The Morgan fingerprint density at radius 2 is 0.833 bits per heavy atom. The molecular weight excluding hydrogens is 437 g/mol. The Bertz CT molecular complexity index is 13.5. The summed E-state index contributed by atoms with van der Waals surface area (Å²) >= 11 is 0. The molecule has 0 aromatic heterocycles. The van der Waals surface area contributed by atoms with Crippen molar-refractivity contribution in [1.29, 1.82) is 0 Å². The summed E-state index contributed by atoms with van der Waals surface area (Å²) in [5, 5.41) is 0. The van der Waals surface area contributed by atoms with Gasteiger partial charge in [0.2, 0.25) is 0 Å². The Kier molecular flexibility index (Phi) is 320. The first kappa shape index (κ1) is 52.1. The van der Waals surface area contributed by atoms with E-state index in [0.29, 0.717) is 0 Å². The minimum Gasteiger partial charge on any atom is -1.00 e. The first-order chi connectivity index (χ1) is 0. The third kappa shape index (κ3) is 24.9. The van der Waals surface area contributed by atoms with Crippen molar-refractivity contribution in [2.24, 2.45) is 0 Å². The van der Waals surface area contributed by atoms with Crippen LogP contribution in [0.3, 0.4) is 0 Å². The summed E-state index contributed by atoms with van der Waals surface area (Å²) in [6.07, 6.45) is 0. The van der Waals surface area contributed by atoms with E-state index in [0.717, 1.165) is 0 Å². The molecule has 0 aliphatic heterocycles. The monoisotopic (exact) mass is 441 g/mol. The topological polar surface area (TPSA) is 63.0 Å². The van der Waals surface area contributed by atoms with Gasteiger partial charge in [-0.25, -0.2) is 0 Å². The minimum absolute atomic E-state index is 0. The molecule has 6 heteroatoms. The second kappa shape index (κ2) is 36.8. The maximum absolute atomic E-state index is 0. The maximum atomic E-state index is 0. The average Bonchev–Trinajstić information content (AvgIpc) is 0. The van der Waals surface area contributed by atoms with Crippen LogP contribution in [0.5, 0.6) is 0 Å². The van der Waals surface area contributed by atoms with E-state index in [2.05, 4.69) is 0 Å². The average molecular weight is 441 g/mol. The van der Waals surface area contributed by atoms with E-state index in [4.69, 9.17) is 0 Å². The van der Waals surface area contributed by atoms with Crippen LogP contribution in [0.4, 0.5) is 0 Å². The summed E-state index contributed by atoms with van der Waals surface area (Å²) in [6, 6.07) is 0. The normalized spacial score (nSPS) is 0. The molecule has 0 heterocycles. The van der Waals surface area contributed by atoms with E-state index in [-0.39, 0.29) is 139 Å². The van der Waals surface area contributed by atoms with Gasteiger partial charge in [0.05, 0.1) is 0 Å². The predicted octanol–water partition coefficient (Wildman–Crippen LogP) is -8.02. The Morgan fingerprint density at radius 1 is 0.833 bits per heavy atom. The van der Waals surface area contributed by atoms with Crippen molar-refractivity contribution in [1.82, 2.24) is 0 Å². The zero-order chi connectivity index (χ0) is 0. The summed E-state index contributed by atoms with van der Waals surface area (Å²) in [6.45, 7) is 0. The fourth-order valence-corrected chi connectivity index (χ4v) is 0. The second-order valence-electron chi connectivity index (χ2n) is 0. The number of hydrogen-bond donors (Lipinski definition) is 0. The summed E-state index contributed by atoms with van der Waals surface area (Å²) in [7, 11) is 0. The summed E-state index contributed by atoms with van der Waals surface area (Å²) in [4.78, 5) is 0. The molecule has 0 amide bonds. The van der Waals surface area contributed by atoms with Gasteiger partial charge in [-0.15, -0.1) is 0 Å². The fourth-order valence-electron chi connectivity index (χ4n) is 0. The third-order valence-corrected chi connectivity index (χ3v) is 0. The van der Waals surface area contributed by atoms with Gasteiger partial charge in [0, 0.05) is 0 Å². The number of hydrogen-bond acceptors (Lipinski definition) is 0. The van der Waals surface area contributed by atoms with Crippen LogP contribution in [-0.2, 0) is 0 Å². The van der Waals surface area contributed by atoms with Crippen molar-refractivity contribution in [3.05, 3.63) is 0 Å². The molecule has 0 spiro atoms. The largest absolute Gasteiger partial charge is 3.00 e. The molecule has 0 rings (SSSR count). The predicted molar refractivity (Wildman–Crippen MR) is 13.0 cm³/mol. The fraction of sp³-hybridized carbons (Fsp3) is 0. The molecule has 0 aromatic rings. The van der Waals surface area contributed by atoms with Crippen LogP contribution in [0, 0.1) is 49.4 Å². The van der Waals surface area contributed by atoms with Crippen molar-refractivity contribution < 1.29 is 89.7 Å². The molecule has 0 aliphatic carbocycles. The Morgan fingerprint density at radius 3 is 0.833 bits per heavy atom. The minimum atomic E-state index is 0. The molecule has 0 saturated carbocycles. The van der Waals surface area contributed by atoms with E-state index in [1.807, 2.05) is 0 Å². The Hall–Kier alpha value is 3.85. The summed E-state index contributed by atoms with van der Waals surface area (Å²) in [5.41, 5.74) is 0. The van der Waals surface area contributed by atoms with Gasteiger partial charge in [0.25, 0.3) is 0 Å². The van der Waals surface area contributed by atoms with Crippen LogP contribution in [0.15, 0.2) is 0 Å². The Balaban J connectivity index is 0. The molecule has 0 bridgehead atoms. The molecule has 6 heavy (non-hydrogen) atoms. The zero-order valence-electron chi connectivity index (χ0n) is 2.84. The van der Waals surface area contributed by atoms with E-state index in [1.54, 1.807) is 0 Å². The van der Waals surface area contributed by atoms with Gasteiger partial charge >= 0.3 is 98.3 Å². The van der Waals surface area contributed by atoms with Crippen LogP contribution in [0.25, 0.3) is 0 Å². The Labute approximate surface area is 135 Å². The maximum Gasteiger partial charge on any atom is 3.00 e. The van der Waals surface area contributed by atoms with Gasteiger partial charge in [0.1, 0.15) is 0 Å². The van der Waals surface area contributed by atoms with Crippen molar-refractivity contribution >= 4 is 48.9 Å². The quantitative estimate of drug-likeness (QED) is 0.336. The molecule has 0 saturated heterocycles. The van der Waals surface area contributed by atoms with Gasteiger partial charge in [-0.3, -0.25) is 0 Å². The molecule has 0 radical (unpaired) electrons. The SMILES string of the molecule is O.O.[Ba+2].[Br-].[Cl-].[Eu+3]. The molecule has 0 aromatic carbocycles. The van der Waals surface area contributed by atoms with Gasteiger partial charge in [-0.2, -0.15) is 0 Å². The molecule has 36 valence electrons. The summed E-state index contributed by atoms with van der Waals surface area (Å²) in [5.74, 6) is 0.